The zero-order valence-corrected chi connectivity index (χ0v) is 11.3. The van der Waals surface area contributed by atoms with Crippen molar-refractivity contribution in [1.82, 2.24) is 10.2 Å². The molecule has 1 aliphatic heterocycles. The number of nitrogens with zero attached hydrogens (tertiary/aromatic N) is 1. The molecule has 0 aliphatic carbocycles. The molecule has 1 aromatic heterocycles. The van der Waals surface area contributed by atoms with E-state index in [4.69, 9.17) is 11.6 Å². The van der Waals surface area contributed by atoms with Crippen molar-refractivity contribution in [2.45, 2.75) is 13.0 Å². The Morgan fingerprint density at radius 2 is 2.38 bits per heavy atom. The molecule has 1 atom stereocenters. The van der Waals surface area contributed by atoms with Gasteiger partial charge in [0.25, 0.3) is 5.91 Å². The third-order valence-electron chi connectivity index (χ3n) is 2.44. The summed E-state index contributed by atoms with van der Waals surface area (Å²) in [5.41, 5.74) is 0. The molecule has 1 aromatic rings. The van der Waals surface area contributed by atoms with Crippen molar-refractivity contribution in [3.63, 3.8) is 0 Å². The first-order valence-electron chi connectivity index (χ1n) is 4.95. The fourth-order valence-electron chi connectivity index (χ4n) is 1.70. The van der Waals surface area contributed by atoms with Gasteiger partial charge in [0.1, 0.15) is 0 Å². The highest BCUT2D eigenvalue weighted by atomic mass is 35.5. The van der Waals surface area contributed by atoms with Crippen LogP contribution in [0.5, 0.6) is 0 Å². The Labute approximate surface area is 110 Å². The largest absolute Gasteiger partial charge is 0.335 e. The van der Waals surface area contributed by atoms with Crippen molar-refractivity contribution < 1.29 is 4.79 Å². The van der Waals surface area contributed by atoms with Crippen LogP contribution in [-0.4, -0.2) is 36.5 Å². The summed E-state index contributed by atoms with van der Waals surface area (Å²) in [5.74, 6) is 0.0975. The van der Waals surface area contributed by atoms with Crippen molar-refractivity contribution >= 4 is 41.3 Å². The summed E-state index contributed by atoms with van der Waals surface area (Å²) in [6.07, 6.45) is 0. The molecule has 16 heavy (non-hydrogen) atoms. The molecule has 1 fully saturated rings. The van der Waals surface area contributed by atoms with E-state index in [-0.39, 0.29) is 18.3 Å². The van der Waals surface area contributed by atoms with Gasteiger partial charge in [-0.05, 0) is 19.1 Å². The fourth-order valence-corrected chi connectivity index (χ4v) is 2.71. The molecule has 0 bridgehead atoms. The van der Waals surface area contributed by atoms with Gasteiger partial charge in [-0.25, -0.2) is 0 Å². The number of hydrogen-bond donors (Lipinski definition) is 1. The molecule has 0 saturated carbocycles. The Hall–Kier alpha value is -0.290. The summed E-state index contributed by atoms with van der Waals surface area (Å²) in [6, 6.07) is 3.94. The fraction of sp³-hybridized carbons (Fsp3) is 0.500. The van der Waals surface area contributed by atoms with E-state index in [0.717, 1.165) is 24.5 Å². The molecule has 2 heterocycles. The molecule has 1 aliphatic rings. The first-order valence-corrected chi connectivity index (χ1v) is 6.14. The summed E-state index contributed by atoms with van der Waals surface area (Å²) < 4.78 is 0.668. The van der Waals surface area contributed by atoms with Crippen molar-refractivity contribution in [2.24, 2.45) is 0 Å². The van der Waals surface area contributed by atoms with E-state index >= 15 is 0 Å². The number of carbonyl (C=O) groups is 1. The van der Waals surface area contributed by atoms with Gasteiger partial charge in [-0.3, -0.25) is 4.79 Å². The Balaban J connectivity index is 0.00000128. The molecule has 0 aromatic carbocycles. The molecular weight excluding hydrogens is 267 g/mol. The van der Waals surface area contributed by atoms with Gasteiger partial charge in [-0.2, -0.15) is 0 Å². The Kier molecular flexibility index (Phi) is 5.05. The first kappa shape index (κ1) is 13.8. The summed E-state index contributed by atoms with van der Waals surface area (Å²) in [4.78, 5) is 14.6. The number of halogens is 2. The van der Waals surface area contributed by atoms with E-state index in [1.54, 1.807) is 12.1 Å². The van der Waals surface area contributed by atoms with Crippen molar-refractivity contribution in [3.05, 3.63) is 21.3 Å². The average molecular weight is 281 g/mol. The highest BCUT2D eigenvalue weighted by Crippen LogP contribution is 2.23. The number of rotatable bonds is 1. The molecule has 0 unspecified atom stereocenters. The van der Waals surface area contributed by atoms with E-state index in [1.165, 1.54) is 11.3 Å². The standard InChI is InChI=1S/C10H13ClN2OS.ClH/c1-7-6-13(5-4-12-7)10(14)8-2-3-9(11)15-8;/h2-3,7,12H,4-6H2,1H3;1H/t7-;/m0./s1. The smallest absolute Gasteiger partial charge is 0.264 e. The van der Waals surface area contributed by atoms with Crippen LogP contribution in [0.2, 0.25) is 4.34 Å². The molecule has 0 spiro atoms. The highest BCUT2D eigenvalue weighted by Gasteiger charge is 2.22. The second kappa shape index (κ2) is 5.87. The lowest BCUT2D eigenvalue weighted by Gasteiger charge is -2.31. The Morgan fingerprint density at radius 1 is 1.62 bits per heavy atom. The number of nitrogens with one attached hydrogen (secondary N) is 1. The van der Waals surface area contributed by atoms with Gasteiger partial charge in [0.15, 0.2) is 0 Å². The molecule has 2 rings (SSSR count). The minimum absolute atomic E-state index is 0. The molecule has 1 saturated heterocycles. The predicted molar refractivity (Wildman–Crippen MR) is 69.9 cm³/mol. The maximum absolute atomic E-state index is 12.0. The normalized spacial score (nSPS) is 20.4. The average Bonchev–Trinajstić information content (AvgIpc) is 2.64. The summed E-state index contributed by atoms with van der Waals surface area (Å²) in [6.45, 7) is 4.50. The third-order valence-corrected chi connectivity index (χ3v) is 3.66. The second-order valence-corrected chi connectivity index (χ2v) is 5.43. The second-order valence-electron chi connectivity index (χ2n) is 3.71. The maximum Gasteiger partial charge on any atom is 0.264 e. The summed E-state index contributed by atoms with van der Waals surface area (Å²) >= 11 is 7.15. The number of thiophene rings is 1. The highest BCUT2D eigenvalue weighted by molar-refractivity contribution is 7.17. The number of amides is 1. The lowest BCUT2D eigenvalue weighted by Crippen LogP contribution is -2.51. The van der Waals surface area contributed by atoms with Crippen LogP contribution in [-0.2, 0) is 0 Å². The van der Waals surface area contributed by atoms with Gasteiger partial charge in [-0.15, -0.1) is 23.7 Å². The van der Waals surface area contributed by atoms with Crippen LogP contribution < -0.4 is 5.32 Å². The lowest BCUT2D eigenvalue weighted by molar-refractivity contribution is 0.0714. The van der Waals surface area contributed by atoms with E-state index in [9.17, 15) is 4.79 Å². The topological polar surface area (TPSA) is 32.3 Å². The van der Waals surface area contributed by atoms with E-state index in [1.807, 2.05) is 4.90 Å². The van der Waals surface area contributed by atoms with Gasteiger partial charge in [0.2, 0.25) is 0 Å². The molecule has 1 amide bonds. The van der Waals surface area contributed by atoms with Crippen LogP contribution in [0.3, 0.4) is 0 Å². The quantitative estimate of drug-likeness (QED) is 0.856. The van der Waals surface area contributed by atoms with E-state index in [2.05, 4.69) is 12.2 Å². The van der Waals surface area contributed by atoms with Crippen molar-refractivity contribution in [3.8, 4) is 0 Å². The van der Waals surface area contributed by atoms with Crippen molar-refractivity contribution in [2.75, 3.05) is 19.6 Å². The molecule has 90 valence electrons. The molecular formula is C10H14Cl2N2OS. The van der Waals surface area contributed by atoms with Gasteiger partial charge < -0.3 is 10.2 Å². The van der Waals surface area contributed by atoms with Gasteiger partial charge >= 0.3 is 0 Å². The summed E-state index contributed by atoms with van der Waals surface area (Å²) in [5, 5.41) is 3.31. The van der Waals surface area contributed by atoms with Crippen LogP contribution in [0.15, 0.2) is 12.1 Å². The molecule has 3 nitrogen and oxygen atoms in total. The first-order chi connectivity index (χ1) is 7.16. The zero-order chi connectivity index (χ0) is 10.8. The van der Waals surface area contributed by atoms with Crippen molar-refractivity contribution in [1.29, 1.82) is 0 Å². The van der Waals surface area contributed by atoms with Gasteiger partial charge in [0.05, 0.1) is 9.21 Å². The maximum atomic E-state index is 12.0. The predicted octanol–water partition coefficient (Wildman–Crippen LogP) is 2.26. The number of carbonyl (C=O) groups excluding carboxylic acids is 1. The van der Waals surface area contributed by atoms with Crippen LogP contribution >= 0.6 is 35.3 Å². The van der Waals surface area contributed by atoms with Crippen LogP contribution in [0, 0.1) is 0 Å². The van der Waals surface area contributed by atoms with Gasteiger partial charge in [-0.1, -0.05) is 11.6 Å². The molecule has 1 N–H and O–H groups in total. The minimum atomic E-state index is 0. The van der Waals surface area contributed by atoms with Crippen LogP contribution in [0.1, 0.15) is 16.6 Å². The lowest BCUT2D eigenvalue weighted by atomic mass is 10.2. The number of piperazine rings is 1. The van der Waals surface area contributed by atoms with Crippen LogP contribution in [0.25, 0.3) is 0 Å². The van der Waals surface area contributed by atoms with Crippen LogP contribution in [0.4, 0.5) is 0 Å². The van der Waals surface area contributed by atoms with E-state index in [0.29, 0.717) is 10.4 Å². The SMILES string of the molecule is C[C@H]1CN(C(=O)c2ccc(Cl)s2)CCN1.Cl. The third kappa shape index (κ3) is 3.10. The zero-order valence-electron chi connectivity index (χ0n) is 8.90. The minimum Gasteiger partial charge on any atom is -0.335 e. The summed E-state index contributed by atoms with van der Waals surface area (Å²) in [7, 11) is 0. The van der Waals surface area contributed by atoms with Gasteiger partial charge in [0, 0.05) is 25.7 Å². The van der Waals surface area contributed by atoms with E-state index < -0.39 is 0 Å². The number of hydrogen-bond acceptors (Lipinski definition) is 3. The Morgan fingerprint density at radius 3 is 2.94 bits per heavy atom. The Bertz CT molecular complexity index is 369. The molecule has 0 radical (unpaired) electrons. The monoisotopic (exact) mass is 280 g/mol. The molecule has 6 heteroatoms.